The van der Waals surface area contributed by atoms with Crippen molar-refractivity contribution in [2.75, 3.05) is 18.9 Å². The standard InChI is InChI=1S/C29H36N6O2S/c1-4-6-22(30)26-25(32-27(35(26)5-2)19-11-13-21(36)14-12-19)18-7-9-20(10-8-18)28(37)33-29-31-23-15-16-34(3)17-24(23)38-29/h5,7-10,19,21,30,36H,2,4,6,11-17H2,1,3H3,(H,31,33,37). The lowest BCUT2D eigenvalue weighted by Crippen LogP contribution is -2.25. The van der Waals surface area contributed by atoms with Crippen LogP contribution in [0.2, 0.25) is 0 Å². The molecule has 3 heterocycles. The van der Waals surface area contributed by atoms with Gasteiger partial charge in [0.2, 0.25) is 0 Å². The molecule has 1 aromatic carbocycles. The van der Waals surface area contributed by atoms with Gasteiger partial charge in [0.25, 0.3) is 5.91 Å². The normalized spacial score (nSPS) is 19.7. The maximum Gasteiger partial charge on any atom is 0.257 e. The number of hydrogen-bond donors (Lipinski definition) is 3. The summed E-state index contributed by atoms with van der Waals surface area (Å²) in [7, 11) is 2.10. The second kappa shape index (κ2) is 11.3. The van der Waals surface area contributed by atoms with Crippen LogP contribution in [0.4, 0.5) is 5.13 Å². The SMILES string of the molecule is C=Cn1c(C2CCC(O)CC2)nc(-c2ccc(C(=O)Nc3nc4c(s3)CN(C)CC4)cc2)c1C(=N)CCC. The van der Waals surface area contributed by atoms with Gasteiger partial charge in [0.05, 0.1) is 28.9 Å². The highest BCUT2D eigenvalue weighted by atomic mass is 32.1. The summed E-state index contributed by atoms with van der Waals surface area (Å²) in [5, 5.41) is 22.4. The van der Waals surface area contributed by atoms with Crippen molar-refractivity contribution < 1.29 is 9.90 Å². The van der Waals surface area contributed by atoms with Crippen molar-refractivity contribution >= 4 is 34.3 Å². The molecule has 9 heteroatoms. The Bertz CT molecular complexity index is 1330. The van der Waals surface area contributed by atoms with Crippen molar-refractivity contribution in [2.24, 2.45) is 0 Å². The fourth-order valence-corrected chi connectivity index (χ4v) is 6.52. The number of amides is 1. The zero-order valence-corrected chi connectivity index (χ0v) is 23.0. The molecule has 8 nitrogen and oxygen atoms in total. The number of rotatable bonds is 8. The number of aliphatic hydroxyl groups excluding tert-OH is 1. The van der Waals surface area contributed by atoms with E-state index in [0.29, 0.717) is 22.8 Å². The molecule has 1 aliphatic heterocycles. The summed E-state index contributed by atoms with van der Waals surface area (Å²) in [5.74, 6) is 0.929. The third-order valence-electron chi connectivity index (χ3n) is 7.53. The van der Waals surface area contributed by atoms with Gasteiger partial charge in [0.1, 0.15) is 5.82 Å². The number of thiazole rings is 1. The van der Waals surface area contributed by atoms with Crippen LogP contribution in [-0.4, -0.2) is 55.9 Å². The van der Waals surface area contributed by atoms with E-state index in [-0.39, 0.29) is 17.9 Å². The summed E-state index contributed by atoms with van der Waals surface area (Å²) in [6.07, 6.45) is 7.16. The van der Waals surface area contributed by atoms with Gasteiger partial charge in [-0.3, -0.25) is 10.1 Å². The Kier molecular flexibility index (Phi) is 7.88. The Hall–Kier alpha value is -3.14. The lowest BCUT2D eigenvalue weighted by atomic mass is 9.87. The highest BCUT2D eigenvalue weighted by Crippen LogP contribution is 2.36. The first-order valence-corrected chi connectivity index (χ1v) is 14.3. The number of nitrogens with zero attached hydrogens (tertiary/aromatic N) is 4. The molecule has 0 radical (unpaired) electrons. The van der Waals surface area contributed by atoms with E-state index in [0.717, 1.165) is 80.1 Å². The van der Waals surface area contributed by atoms with E-state index >= 15 is 0 Å². The van der Waals surface area contributed by atoms with Crippen LogP contribution in [0.1, 0.15) is 83.8 Å². The first kappa shape index (κ1) is 26.5. The number of carbonyl (C=O) groups is 1. The van der Waals surface area contributed by atoms with Crippen molar-refractivity contribution in [3.63, 3.8) is 0 Å². The van der Waals surface area contributed by atoms with Crippen LogP contribution in [-0.2, 0) is 13.0 Å². The number of aliphatic hydroxyl groups is 1. The Morgan fingerprint density at radius 1 is 1.24 bits per heavy atom. The van der Waals surface area contributed by atoms with Crippen LogP contribution in [0.3, 0.4) is 0 Å². The summed E-state index contributed by atoms with van der Waals surface area (Å²) in [4.78, 5) is 26.1. The average Bonchev–Trinajstić information content (AvgIpc) is 3.50. The number of likely N-dealkylation sites (N-methyl/N-ethyl adjacent to an activating group) is 1. The average molecular weight is 533 g/mol. The van der Waals surface area contributed by atoms with Crippen LogP contribution in [0, 0.1) is 5.41 Å². The Balaban J connectivity index is 1.41. The van der Waals surface area contributed by atoms with Crippen molar-refractivity contribution in [3.8, 4) is 11.3 Å². The molecule has 38 heavy (non-hydrogen) atoms. The van der Waals surface area contributed by atoms with Crippen LogP contribution in [0.15, 0.2) is 30.8 Å². The zero-order valence-electron chi connectivity index (χ0n) is 22.2. The van der Waals surface area contributed by atoms with Crippen LogP contribution >= 0.6 is 11.3 Å². The molecule has 1 amide bonds. The van der Waals surface area contributed by atoms with E-state index in [4.69, 9.17) is 10.4 Å². The molecule has 200 valence electrons. The van der Waals surface area contributed by atoms with Gasteiger partial charge in [-0.05, 0) is 51.3 Å². The quantitative estimate of drug-likeness (QED) is 0.331. The maximum absolute atomic E-state index is 13.0. The molecule has 0 spiro atoms. The van der Waals surface area contributed by atoms with Crippen molar-refractivity contribution in [1.29, 1.82) is 5.41 Å². The molecule has 3 aromatic rings. The third-order valence-corrected chi connectivity index (χ3v) is 8.53. The second-order valence-electron chi connectivity index (χ2n) is 10.4. The van der Waals surface area contributed by atoms with Crippen molar-refractivity contribution in [1.82, 2.24) is 19.4 Å². The van der Waals surface area contributed by atoms with E-state index in [1.54, 1.807) is 17.5 Å². The molecular formula is C29H36N6O2S. The molecule has 2 aromatic heterocycles. The fraction of sp³-hybridized carbons (Fsp3) is 0.448. The van der Waals surface area contributed by atoms with Gasteiger partial charge >= 0.3 is 0 Å². The summed E-state index contributed by atoms with van der Waals surface area (Å²) >= 11 is 1.55. The van der Waals surface area contributed by atoms with Gasteiger partial charge in [-0.1, -0.05) is 32.1 Å². The molecular weight excluding hydrogens is 496 g/mol. The van der Waals surface area contributed by atoms with E-state index in [1.807, 2.05) is 28.8 Å². The topological polar surface area (TPSA) is 107 Å². The minimum Gasteiger partial charge on any atom is -0.393 e. The number of benzene rings is 1. The van der Waals surface area contributed by atoms with E-state index in [9.17, 15) is 9.90 Å². The molecule has 2 aliphatic rings. The molecule has 0 unspecified atom stereocenters. The maximum atomic E-state index is 13.0. The molecule has 1 saturated carbocycles. The molecule has 0 saturated heterocycles. The Morgan fingerprint density at radius 2 is 1.97 bits per heavy atom. The number of anilines is 1. The smallest absolute Gasteiger partial charge is 0.257 e. The van der Waals surface area contributed by atoms with Gasteiger partial charge in [0.15, 0.2) is 5.13 Å². The molecule has 0 atom stereocenters. The second-order valence-corrected chi connectivity index (χ2v) is 11.4. The number of aromatic nitrogens is 3. The van der Waals surface area contributed by atoms with Crippen LogP contribution in [0.25, 0.3) is 17.5 Å². The molecule has 1 aliphatic carbocycles. The fourth-order valence-electron chi connectivity index (χ4n) is 5.44. The molecule has 5 rings (SSSR count). The third kappa shape index (κ3) is 5.36. The van der Waals surface area contributed by atoms with Gasteiger partial charge in [-0.25, -0.2) is 9.97 Å². The summed E-state index contributed by atoms with van der Waals surface area (Å²) in [6.45, 7) is 7.95. The monoisotopic (exact) mass is 532 g/mol. The van der Waals surface area contributed by atoms with Gasteiger partial charge < -0.3 is 20.0 Å². The zero-order chi connectivity index (χ0) is 26.8. The first-order chi connectivity index (χ1) is 18.4. The van der Waals surface area contributed by atoms with Crippen molar-refractivity contribution in [3.05, 3.63) is 58.5 Å². The van der Waals surface area contributed by atoms with E-state index < -0.39 is 0 Å². The lowest BCUT2D eigenvalue weighted by molar-refractivity contribution is 0.102. The number of hydrogen-bond acceptors (Lipinski definition) is 7. The minimum absolute atomic E-state index is 0.187. The predicted molar refractivity (Wildman–Crippen MR) is 153 cm³/mol. The number of fused-ring (bicyclic) bond motifs is 1. The molecule has 0 bridgehead atoms. The van der Waals surface area contributed by atoms with Crippen molar-refractivity contribution in [2.45, 2.75) is 70.4 Å². The Labute approximate surface area is 227 Å². The lowest BCUT2D eigenvalue weighted by Gasteiger charge is -2.25. The first-order valence-electron chi connectivity index (χ1n) is 13.5. The number of nitrogens with one attached hydrogen (secondary N) is 2. The van der Waals surface area contributed by atoms with Gasteiger partial charge in [-0.15, -0.1) is 11.3 Å². The molecule has 3 N–H and O–H groups in total. The van der Waals surface area contributed by atoms with E-state index in [1.165, 1.54) is 4.88 Å². The van der Waals surface area contributed by atoms with E-state index in [2.05, 4.69) is 35.8 Å². The number of carbonyl (C=O) groups excluding carboxylic acids is 1. The predicted octanol–water partition coefficient (Wildman–Crippen LogP) is 5.53. The van der Waals surface area contributed by atoms with Gasteiger partial charge in [-0.2, -0.15) is 0 Å². The summed E-state index contributed by atoms with van der Waals surface area (Å²) in [6, 6.07) is 7.43. The van der Waals surface area contributed by atoms with Crippen LogP contribution < -0.4 is 5.32 Å². The largest absolute Gasteiger partial charge is 0.393 e. The minimum atomic E-state index is -0.245. The van der Waals surface area contributed by atoms with Gasteiger partial charge in [0, 0.05) is 47.6 Å². The number of imidazole rings is 1. The highest BCUT2D eigenvalue weighted by molar-refractivity contribution is 7.15. The van der Waals surface area contributed by atoms with Crippen LogP contribution in [0.5, 0.6) is 0 Å². The highest BCUT2D eigenvalue weighted by Gasteiger charge is 2.29. The summed E-state index contributed by atoms with van der Waals surface area (Å²) in [5.41, 5.74) is 4.53. The summed E-state index contributed by atoms with van der Waals surface area (Å²) < 4.78 is 1.97. The molecule has 1 fully saturated rings. The Morgan fingerprint density at radius 3 is 2.66 bits per heavy atom.